The van der Waals surface area contributed by atoms with Crippen LogP contribution in [0, 0.1) is 0 Å². The van der Waals surface area contributed by atoms with Crippen LogP contribution in [0.3, 0.4) is 0 Å². The van der Waals surface area contributed by atoms with Crippen LogP contribution in [0.2, 0.25) is 5.28 Å². The summed E-state index contributed by atoms with van der Waals surface area (Å²) in [5.41, 5.74) is 5.97. The second-order valence-electron chi connectivity index (χ2n) is 2.01. The molecule has 56 valence electrons. The summed E-state index contributed by atoms with van der Waals surface area (Å²) < 4.78 is 0. The first-order valence-corrected chi connectivity index (χ1v) is 3.33. The Balaban J connectivity index is 2.93. The van der Waals surface area contributed by atoms with Crippen molar-refractivity contribution in [2.24, 2.45) is 9.98 Å². The Hall–Kier alpha value is -1.23. The molecule has 1 aliphatic heterocycles. The van der Waals surface area contributed by atoms with Gasteiger partial charge < -0.3 is 5.73 Å². The molecule has 0 saturated carbocycles. The molecule has 0 aliphatic carbocycles. The molecule has 0 unspecified atom stereocenters. The summed E-state index contributed by atoms with van der Waals surface area (Å²) in [7, 11) is 0. The van der Waals surface area contributed by atoms with Gasteiger partial charge in [0.2, 0.25) is 5.28 Å². The highest BCUT2D eigenvalue weighted by molar-refractivity contribution is 6.28. The number of anilines is 1. The third-order valence-electron chi connectivity index (χ3n) is 1.31. The van der Waals surface area contributed by atoms with Crippen molar-refractivity contribution in [2.45, 2.75) is 0 Å². The third kappa shape index (κ3) is 0.932. The van der Waals surface area contributed by atoms with E-state index in [1.54, 1.807) is 0 Å². The third-order valence-corrected chi connectivity index (χ3v) is 1.48. The molecule has 5 nitrogen and oxygen atoms in total. The van der Waals surface area contributed by atoms with Gasteiger partial charge in [0.15, 0.2) is 11.3 Å². The van der Waals surface area contributed by atoms with E-state index in [-0.39, 0.29) is 5.28 Å². The lowest BCUT2D eigenvalue weighted by molar-refractivity contribution is 1.03. The van der Waals surface area contributed by atoms with Gasteiger partial charge in [-0.1, -0.05) is 0 Å². The molecule has 0 atom stereocenters. The predicted molar refractivity (Wildman–Crippen MR) is 38.6 cm³/mol. The van der Waals surface area contributed by atoms with Crippen LogP contribution >= 0.6 is 11.6 Å². The van der Waals surface area contributed by atoms with Crippen LogP contribution < -0.4 is 16.6 Å². The van der Waals surface area contributed by atoms with Gasteiger partial charge in [-0.3, -0.25) is 4.99 Å². The summed E-state index contributed by atoms with van der Waals surface area (Å²) in [6.45, 7) is 0.370. The molecular weight excluding hydrogens is 166 g/mol. The van der Waals surface area contributed by atoms with E-state index in [9.17, 15) is 0 Å². The molecule has 0 saturated heterocycles. The fourth-order valence-corrected chi connectivity index (χ4v) is 1.04. The van der Waals surface area contributed by atoms with E-state index in [0.29, 0.717) is 23.3 Å². The van der Waals surface area contributed by atoms with E-state index in [4.69, 9.17) is 17.3 Å². The fourth-order valence-electron chi connectivity index (χ4n) is 0.867. The molecule has 0 radical (unpaired) electrons. The number of hydrogen-bond acceptors (Lipinski definition) is 5. The molecule has 0 fully saturated rings. The van der Waals surface area contributed by atoms with Crippen molar-refractivity contribution in [3.63, 3.8) is 0 Å². The number of nitrogens with two attached hydrogens (primary N) is 1. The Morgan fingerprint density at radius 3 is 2.91 bits per heavy atom. The van der Waals surface area contributed by atoms with Crippen LogP contribution in [0.25, 0.3) is 0 Å². The van der Waals surface area contributed by atoms with Crippen LogP contribution in [-0.2, 0) is 0 Å². The lowest BCUT2D eigenvalue weighted by Gasteiger charge is -1.89. The van der Waals surface area contributed by atoms with E-state index >= 15 is 0 Å². The Bertz CT molecular complexity index is 412. The van der Waals surface area contributed by atoms with Crippen LogP contribution in [0.4, 0.5) is 5.82 Å². The molecule has 1 aromatic heterocycles. The lowest BCUT2D eigenvalue weighted by Crippen LogP contribution is -2.30. The molecule has 2 heterocycles. The van der Waals surface area contributed by atoms with Crippen molar-refractivity contribution < 1.29 is 0 Å². The largest absolute Gasteiger partial charge is 0.382 e. The number of halogens is 1. The van der Waals surface area contributed by atoms with Crippen LogP contribution in [0.5, 0.6) is 0 Å². The molecule has 11 heavy (non-hydrogen) atoms. The average Bonchev–Trinajstić information content (AvgIpc) is 2.34. The van der Waals surface area contributed by atoms with Crippen LogP contribution in [0.15, 0.2) is 9.98 Å². The van der Waals surface area contributed by atoms with Crippen LogP contribution in [-0.4, -0.2) is 16.6 Å². The zero-order chi connectivity index (χ0) is 7.84. The highest BCUT2D eigenvalue weighted by Gasteiger charge is 2.04. The molecule has 1 aromatic rings. The SMILES string of the molecule is Nc1nc(Cl)nc2c1=NCN=2. The van der Waals surface area contributed by atoms with E-state index in [2.05, 4.69) is 20.0 Å². The summed E-state index contributed by atoms with van der Waals surface area (Å²) in [6.07, 6.45) is 0. The monoisotopic (exact) mass is 169 g/mol. The summed E-state index contributed by atoms with van der Waals surface area (Å²) in [6, 6.07) is 0. The second-order valence-corrected chi connectivity index (χ2v) is 2.35. The molecule has 0 spiro atoms. The standard InChI is InChI=1S/C5H4ClN5/c6-5-10-3(7)2-4(11-5)9-1-8-2/h1H2,(H2,7,9,10,11). The zero-order valence-corrected chi connectivity index (χ0v) is 6.21. The van der Waals surface area contributed by atoms with E-state index < -0.39 is 0 Å². The normalized spacial score (nSPS) is 13.5. The second kappa shape index (κ2) is 2.13. The fraction of sp³-hybridized carbons (Fsp3) is 0.200. The Labute approximate surface area is 66.7 Å². The molecule has 0 amide bonds. The minimum absolute atomic E-state index is 0.113. The topological polar surface area (TPSA) is 76.5 Å². The minimum Gasteiger partial charge on any atom is -0.382 e. The van der Waals surface area contributed by atoms with Gasteiger partial charge in [-0.15, -0.1) is 0 Å². The molecule has 1 aliphatic rings. The van der Waals surface area contributed by atoms with Crippen molar-refractivity contribution in [2.75, 3.05) is 12.4 Å². The average molecular weight is 170 g/mol. The molecule has 2 N–H and O–H groups in total. The van der Waals surface area contributed by atoms with Crippen molar-refractivity contribution in [3.8, 4) is 0 Å². The summed E-state index contributed by atoms with van der Waals surface area (Å²) in [5, 5.41) is 0.663. The van der Waals surface area contributed by atoms with Crippen molar-refractivity contribution >= 4 is 17.4 Å². The Kier molecular flexibility index (Phi) is 1.25. The van der Waals surface area contributed by atoms with E-state index in [0.717, 1.165) is 0 Å². The minimum atomic E-state index is 0.113. The molecule has 6 heteroatoms. The quantitative estimate of drug-likeness (QED) is 0.502. The Morgan fingerprint density at radius 1 is 1.27 bits per heavy atom. The van der Waals surface area contributed by atoms with Crippen LogP contribution in [0.1, 0.15) is 0 Å². The maximum atomic E-state index is 5.52. The lowest BCUT2D eigenvalue weighted by atomic mass is 10.5. The maximum Gasteiger partial charge on any atom is 0.226 e. The number of aromatic nitrogens is 2. The number of hydrogen-bond donors (Lipinski definition) is 1. The summed E-state index contributed by atoms with van der Waals surface area (Å²) in [5.74, 6) is 0.293. The molecule has 2 rings (SSSR count). The summed E-state index contributed by atoms with van der Waals surface area (Å²) in [4.78, 5) is 15.5. The van der Waals surface area contributed by atoms with Gasteiger partial charge in [-0.05, 0) is 11.6 Å². The first-order chi connectivity index (χ1) is 5.27. The van der Waals surface area contributed by atoms with E-state index in [1.807, 2.05) is 0 Å². The van der Waals surface area contributed by atoms with Gasteiger partial charge in [0.05, 0.1) is 0 Å². The maximum absolute atomic E-state index is 5.52. The zero-order valence-electron chi connectivity index (χ0n) is 5.45. The first kappa shape index (κ1) is 6.48. The molecule has 0 aromatic carbocycles. The van der Waals surface area contributed by atoms with Gasteiger partial charge >= 0.3 is 0 Å². The predicted octanol–water partition coefficient (Wildman–Crippen LogP) is -1.08. The summed E-state index contributed by atoms with van der Waals surface area (Å²) >= 11 is 5.52. The van der Waals surface area contributed by atoms with E-state index in [1.165, 1.54) is 0 Å². The number of nitrogens with zero attached hydrogens (tertiary/aromatic N) is 4. The van der Waals surface area contributed by atoms with Gasteiger partial charge in [0.1, 0.15) is 12.0 Å². The van der Waals surface area contributed by atoms with Gasteiger partial charge in [0.25, 0.3) is 0 Å². The van der Waals surface area contributed by atoms with Crippen molar-refractivity contribution in [3.05, 3.63) is 16.1 Å². The molecular formula is C5H4ClN5. The number of fused-ring (bicyclic) bond motifs is 1. The van der Waals surface area contributed by atoms with Gasteiger partial charge in [-0.2, -0.15) is 9.97 Å². The van der Waals surface area contributed by atoms with Gasteiger partial charge in [-0.25, -0.2) is 4.99 Å². The van der Waals surface area contributed by atoms with Crippen molar-refractivity contribution in [1.82, 2.24) is 9.97 Å². The molecule has 0 bridgehead atoms. The number of rotatable bonds is 0. The Morgan fingerprint density at radius 2 is 2.09 bits per heavy atom. The first-order valence-electron chi connectivity index (χ1n) is 2.95. The number of nitrogen functional groups attached to an aromatic ring is 1. The highest BCUT2D eigenvalue weighted by atomic mass is 35.5. The highest BCUT2D eigenvalue weighted by Crippen LogP contribution is 1.95. The van der Waals surface area contributed by atoms with Gasteiger partial charge in [0, 0.05) is 0 Å². The smallest absolute Gasteiger partial charge is 0.226 e. The van der Waals surface area contributed by atoms with Crippen molar-refractivity contribution in [1.29, 1.82) is 0 Å².